The van der Waals surface area contributed by atoms with E-state index in [9.17, 15) is 9.59 Å². The van der Waals surface area contributed by atoms with Crippen molar-refractivity contribution in [2.24, 2.45) is 0 Å². The van der Waals surface area contributed by atoms with Gasteiger partial charge in [0.2, 0.25) is 0 Å². The van der Waals surface area contributed by atoms with Gasteiger partial charge in [-0.2, -0.15) is 0 Å². The van der Waals surface area contributed by atoms with Gasteiger partial charge in [-0.1, -0.05) is 30.3 Å². The van der Waals surface area contributed by atoms with Crippen LogP contribution in [0.15, 0.2) is 54.7 Å². The van der Waals surface area contributed by atoms with Crippen LogP contribution in [0, 0.1) is 0 Å². The number of aromatic nitrogens is 1. The Bertz CT molecular complexity index is 870. The predicted molar refractivity (Wildman–Crippen MR) is 88.7 cm³/mol. The molecule has 0 fully saturated rings. The Morgan fingerprint density at radius 2 is 1.65 bits per heavy atom. The molecule has 116 valence electrons. The standard InChI is InChI=1S/C17H15N3O3/c1-23-16(21)12-7-3-5-9-14(12)19-17(22)20-15-10-18-13-8-4-2-6-11(13)15/h2-10,18H,1H3,(H2,19,20,22). The van der Waals surface area contributed by atoms with Crippen LogP contribution in [-0.2, 0) is 4.74 Å². The third kappa shape index (κ3) is 3.01. The van der Waals surface area contributed by atoms with E-state index in [0.29, 0.717) is 16.9 Å². The molecule has 0 saturated heterocycles. The van der Waals surface area contributed by atoms with Crippen molar-refractivity contribution < 1.29 is 14.3 Å². The molecule has 2 aromatic carbocycles. The molecule has 6 nitrogen and oxygen atoms in total. The van der Waals surface area contributed by atoms with E-state index in [-0.39, 0.29) is 0 Å². The molecule has 0 spiro atoms. The van der Waals surface area contributed by atoms with Gasteiger partial charge in [-0.15, -0.1) is 0 Å². The maximum Gasteiger partial charge on any atom is 0.339 e. The molecule has 1 aromatic heterocycles. The lowest BCUT2D eigenvalue weighted by molar-refractivity contribution is 0.0602. The van der Waals surface area contributed by atoms with Gasteiger partial charge >= 0.3 is 12.0 Å². The van der Waals surface area contributed by atoms with Crippen molar-refractivity contribution in [3.8, 4) is 0 Å². The summed E-state index contributed by atoms with van der Waals surface area (Å²) in [5, 5.41) is 6.33. The van der Waals surface area contributed by atoms with E-state index in [1.807, 2.05) is 24.3 Å². The van der Waals surface area contributed by atoms with E-state index in [0.717, 1.165) is 10.9 Å². The first-order valence-corrected chi connectivity index (χ1v) is 7.00. The van der Waals surface area contributed by atoms with E-state index in [1.54, 1.807) is 30.5 Å². The maximum absolute atomic E-state index is 12.2. The Morgan fingerprint density at radius 1 is 0.957 bits per heavy atom. The maximum atomic E-state index is 12.2. The van der Waals surface area contributed by atoms with Gasteiger partial charge in [0.1, 0.15) is 0 Å². The van der Waals surface area contributed by atoms with Crippen molar-refractivity contribution in [1.29, 1.82) is 0 Å². The van der Waals surface area contributed by atoms with Gasteiger partial charge in [0.15, 0.2) is 0 Å². The molecule has 3 rings (SSSR count). The highest BCUT2D eigenvalue weighted by Gasteiger charge is 2.14. The number of carbonyl (C=O) groups excluding carboxylic acids is 2. The molecular weight excluding hydrogens is 294 g/mol. The highest BCUT2D eigenvalue weighted by Crippen LogP contribution is 2.23. The summed E-state index contributed by atoms with van der Waals surface area (Å²) in [6.07, 6.45) is 1.72. The number of rotatable bonds is 3. The quantitative estimate of drug-likeness (QED) is 0.646. The van der Waals surface area contributed by atoms with Crippen LogP contribution < -0.4 is 10.6 Å². The summed E-state index contributed by atoms with van der Waals surface area (Å²) in [5.74, 6) is -0.506. The molecule has 0 radical (unpaired) electrons. The summed E-state index contributed by atoms with van der Waals surface area (Å²) >= 11 is 0. The van der Waals surface area contributed by atoms with Gasteiger partial charge in [0.05, 0.1) is 24.0 Å². The smallest absolute Gasteiger partial charge is 0.339 e. The van der Waals surface area contributed by atoms with Gasteiger partial charge in [-0.3, -0.25) is 0 Å². The molecule has 0 saturated carbocycles. The second-order valence-corrected chi connectivity index (χ2v) is 4.86. The van der Waals surface area contributed by atoms with Crippen LogP contribution in [0.5, 0.6) is 0 Å². The fraction of sp³-hybridized carbons (Fsp3) is 0.0588. The summed E-state index contributed by atoms with van der Waals surface area (Å²) in [4.78, 5) is 27.0. The zero-order valence-electron chi connectivity index (χ0n) is 12.4. The lowest BCUT2D eigenvalue weighted by Gasteiger charge is -2.10. The number of hydrogen-bond acceptors (Lipinski definition) is 3. The summed E-state index contributed by atoms with van der Waals surface area (Å²) < 4.78 is 4.71. The number of H-pyrrole nitrogens is 1. The van der Waals surface area contributed by atoms with Gasteiger partial charge < -0.3 is 20.4 Å². The largest absolute Gasteiger partial charge is 0.465 e. The van der Waals surface area contributed by atoms with Crippen LogP contribution in [0.2, 0.25) is 0 Å². The van der Waals surface area contributed by atoms with Gasteiger partial charge in [0.25, 0.3) is 0 Å². The molecule has 3 N–H and O–H groups in total. The van der Waals surface area contributed by atoms with Gasteiger partial charge in [-0.25, -0.2) is 9.59 Å². The molecule has 0 atom stereocenters. The van der Waals surface area contributed by atoms with E-state index in [1.165, 1.54) is 7.11 Å². The first-order valence-electron chi connectivity index (χ1n) is 7.00. The minimum absolute atomic E-state index is 0.295. The number of benzene rings is 2. The molecule has 3 aromatic rings. The Morgan fingerprint density at radius 3 is 2.48 bits per heavy atom. The number of anilines is 2. The molecule has 2 amide bonds. The Labute approximate surface area is 132 Å². The van der Waals surface area contributed by atoms with E-state index >= 15 is 0 Å². The number of nitrogens with one attached hydrogen (secondary N) is 3. The molecule has 6 heteroatoms. The van der Waals surface area contributed by atoms with Crippen molar-refractivity contribution in [2.75, 3.05) is 17.7 Å². The van der Waals surface area contributed by atoms with E-state index < -0.39 is 12.0 Å². The number of esters is 1. The molecule has 0 aliphatic carbocycles. The van der Waals surface area contributed by atoms with Crippen LogP contribution in [0.1, 0.15) is 10.4 Å². The number of carbonyl (C=O) groups is 2. The predicted octanol–water partition coefficient (Wildman–Crippen LogP) is 3.60. The fourth-order valence-electron chi connectivity index (χ4n) is 2.33. The van der Waals surface area contributed by atoms with Crippen LogP contribution >= 0.6 is 0 Å². The van der Waals surface area contributed by atoms with Crippen LogP contribution in [-0.4, -0.2) is 24.1 Å². The Hall–Kier alpha value is -3.28. The summed E-state index contributed by atoms with van der Waals surface area (Å²) in [7, 11) is 1.30. The van der Waals surface area contributed by atoms with Gasteiger partial charge in [0, 0.05) is 17.1 Å². The molecule has 0 aliphatic rings. The minimum atomic E-state index is -0.506. The Kier molecular flexibility index (Phi) is 3.97. The number of urea groups is 1. The molecule has 0 aliphatic heterocycles. The number of aromatic amines is 1. The monoisotopic (exact) mass is 309 g/mol. The van der Waals surface area contributed by atoms with Crippen molar-refractivity contribution in [3.05, 3.63) is 60.3 Å². The average molecular weight is 309 g/mol. The summed E-state index contributed by atoms with van der Waals surface area (Å²) in [5.41, 5.74) is 2.27. The molecule has 23 heavy (non-hydrogen) atoms. The lowest BCUT2D eigenvalue weighted by atomic mass is 10.2. The second kappa shape index (κ2) is 6.23. The number of fused-ring (bicyclic) bond motifs is 1. The number of para-hydroxylation sites is 2. The van der Waals surface area contributed by atoms with Crippen molar-refractivity contribution >= 4 is 34.3 Å². The Balaban J connectivity index is 1.79. The average Bonchev–Trinajstić information content (AvgIpc) is 2.98. The topological polar surface area (TPSA) is 83.2 Å². The number of amides is 2. The van der Waals surface area contributed by atoms with Crippen molar-refractivity contribution in [3.63, 3.8) is 0 Å². The number of methoxy groups -OCH3 is 1. The molecule has 1 heterocycles. The highest BCUT2D eigenvalue weighted by atomic mass is 16.5. The highest BCUT2D eigenvalue weighted by molar-refractivity contribution is 6.08. The van der Waals surface area contributed by atoms with E-state index in [4.69, 9.17) is 4.74 Å². The number of ether oxygens (including phenoxy) is 1. The number of hydrogen-bond donors (Lipinski definition) is 3. The van der Waals surface area contributed by atoms with E-state index in [2.05, 4.69) is 15.6 Å². The normalized spacial score (nSPS) is 10.3. The molecule has 0 unspecified atom stereocenters. The summed E-state index contributed by atoms with van der Waals surface area (Å²) in [6.45, 7) is 0. The van der Waals surface area contributed by atoms with Crippen LogP contribution in [0.4, 0.5) is 16.2 Å². The zero-order chi connectivity index (χ0) is 16.2. The lowest BCUT2D eigenvalue weighted by Crippen LogP contribution is -2.21. The van der Waals surface area contributed by atoms with Crippen LogP contribution in [0.3, 0.4) is 0 Å². The SMILES string of the molecule is COC(=O)c1ccccc1NC(=O)Nc1c[nH]c2ccccc12. The third-order valence-electron chi connectivity index (χ3n) is 3.42. The first kappa shape index (κ1) is 14.6. The molecular formula is C17H15N3O3. The minimum Gasteiger partial charge on any atom is -0.465 e. The van der Waals surface area contributed by atoms with Crippen molar-refractivity contribution in [2.45, 2.75) is 0 Å². The molecule has 0 bridgehead atoms. The fourth-order valence-corrected chi connectivity index (χ4v) is 2.33. The third-order valence-corrected chi connectivity index (χ3v) is 3.42. The second-order valence-electron chi connectivity index (χ2n) is 4.86. The van der Waals surface area contributed by atoms with Crippen molar-refractivity contribution in [1.82, 2.24) is 4.98 Å². The first-order chi connectivity index (χ1) is 11.2. The summed E-state index contributed by atoms with van der Waals surface area (Å²) in [6, 6.07) is 13.9. The zero-order valence-corrected chi connectivity index (χ0v) is 12.4. The van der Waals surface area contributed by atoms with Gasteiger partial charge in [-0.05, 0) is 18.2 Å². The van der Waals surface area contributed by atoms with Crippen LogP contribution in [0.25, 0.3) is 10.9 Å².